The van der Waals surface area contributed by atoms with Gasteiger partial charge in [0, 0.05) is 38.4 Å². The summed E-state index contributed by atoms with van der Waals surface area (Å²) in [5.41, 5.74) is 5.83. The summed E-state index contributed by atoms with van der Waals surface area (Å²) in [6, 6.07) is 7.02. The first-order valence-corrected chi connectivity index (χ1v) is 13.3. The van der Waals surface area contributed by atoms with Crippen molar-refractivity contribution in [2.24, 2.45) is 7.05 Å². The predicted molar refractivity (Wildman–Crippen MR) is 144 cm³/mol. The van der Waals surface area contributed by atoms with Crippen molar-refractivity contribution in [3.8, 4) is 0 Å². The average molecular weight is 475 g/mol. The lowest BCUT2D eigenvalue weighted by molar-refractivity contribution is 0.233. The van der Waals surface area contributed by atoms with Crippen molar-refractivity contribution in [3.05, 3.63) is 76.9 Å². The summed E-state index contributed by atoms with van der Waals surface area (Å²) in [6.07, 6.45) is 17.4. The fraction of sp³-hybridized carbons (Fsp3) is 0.517. The van der Waals surface area contributed by atoms with Crippen LogP contribution < -0.4 is 0 Å². The molecule has 188 valence electrons. The number of rotatable bonds is 15. The van der Waals surface area contributed by atoms with E-state index < -0.39 is 0 Å². The highest BCUT2D eigenvalue weighted by Gasteiger charge is 2.16. The molecule has 2 aromatic heterocycles. The minimum Gasteiger partial charge on any atom is -0.348 e. The molecule has 3 aromatic rings. The molecule has 4 rings (SSSR count). The Kier molecular flexibility index (Phi) is 9.32. The van der Waals surface area contributed by atoms with Crippen LogP contribution in [0.4, 0.5) is 0 Å². The van der Waals surface area contributed by atoms with Crippen LogP contribution in [0.25, 0.3) is 6.08 Å². The zero-order valence-corrected chi connectivity index (χ0v) is 21.8. The maximum atomic E-state index is 4.54. The van der Waals surface area contributed by atoms with Gasteiger partial charge >= 0.3 is 0 Å². The minimum absolute atomic E-state index is 0.771. The smallest absolute Gasteiger partial charge is 0.122 e. The molecule has 6 nitrogen and oxygen atoms in total. The molecule has 2 heterocycles. The van der Waals surface area contributed by atoms with Crippen molar-refractivity contribution in [2.75, 3.05) is 19.6 Å². The Morgan fingerprint density at radius 1 is 0.943 bits per heavy atom. The molecule has 0 aliphatic heterocycles. The summed E-state index contributed by atoms with van der Waals surface area (Å²) in [7, 11) is 2.06. The number of imidazole rings is 2. The van der Waals surface area contributed by atoms with Gasteiger partial charge in [-0.2, -0.15) is 0 Å². The third-order valence-corrected chi connectivity index (χ3v) is 6.91. The molecule has 0 radical (unpaired) electrons. The van der Waals surface area contributed by atoms with Crippen LogP contribution in [0.2, 0.25) is 0 Å². The lowest BCUT2D eigenvalue weighted by atomic mass is 10.0. The largest absolute Gasteiger partial charge is 0.348 e. The fourth-order valence-electron chi connectivity index (χ4n) is 5.15. The first kappa shape index (κ1) is 25.4. The Hall–Kier alpha value is -2.70. The monoisotopic (exact) mass is 474 g/mol. The van der Waals surface area contributed by atoms with Crippen molar-refractivity contribution < 1.29 is 0 Å². The van der Waals surface area contributed by atoms with Crippen LogP contribution in [-0.2, 0) is 33.1 Å². The Morgan fingerprint density at radius 2 is 1.80 bits per heavy atom. The standard InChI is InChI=1S/C29H42N6/c1-4-14-34(15-5-2)16-7-6-8-24-18-26-10-9-25(20-27(26)19-24)21-35(22-28-30-11-12-31-28)23-29-32-13-17-33(29)3/h9-13,17-18,20H,4-8,14-16,19,21-23H2,1-3H3,(H,30,31). The zero-order chi connectivity index (χ0) is 24.5. The summed E-state index contributed by atoms with van der Waals surface area (Å²) in [5.74, 6) is 2.05. The molecule has 6 heteroatoms. The van der Waals surface area contributed by atoms with E-state index in [-0.39, 0.29) is 0 Å². The Morgan fingerprint density at radius 3 is 2.51 bits per heavy atom. The predicted octanol–water partition coefficient (Wildman–Crippen LogP) is 5.58. The number of nitrogens with one attached hydrogen (secondary N) is 1. The second kappa shape index (κ2) is 12.8. The van der Waals surface area contributed by atoms with Gasteiger partial charge < -0.3 is 14.5 Å². The highest BCUT2D eigenvalue weighted by atomic mass is 15.2. The molecule has 35 heavy (non-hydrogen) atoms. The minimum atomic E-state index is 0.771. The molecule has 0 spiro atoms. The summed E-state index contributed by atoms with van der Waals surface area (Å²) in [6.45, 7) is 10.7. The summed E-state index contributed by atoms with van der Waals surface area (Å²) in [4.78, 5) is 17.3. The number of H-pyrrole nitrogens is 1. The van der Waals surface area contributed by atoms with Gasteiger partial charge in [-0.15, -0.1) is 0 Å². The van der Waals surface area contributed by atoms with Gasteiger partial charge in [-0.25, -0.2) is 9.97 Å². The molecule has 1 aliphatic carbocycles. The average Bonchev–Trinajstić information content (AvgIpc) is 3.59. The van der Waals surface area contributed by atoms with Gasteiger partial charge in [0.1, 0.15) is 11.6 Å². The Bertz CT molecular complexity index is 1060. The van der Waals surface area contributed by atoms with Gasteiger partial charge in [0.05, 0.1) is 13.1 Å². The highest BCUT2D eigenvalue weighted by Crippen LogP contribution is 2.29. The third-order valence-electron chi connectivity index (χ3n) is 6.91. The molecule has 0 fully saturated rings. The zero-order valence-electron chi connectivity index (χ0n) is 21.8. The second-order valence-electron chi connectivity index (χ2n) is 9.95. The van der Waals surface area contributed by atoms with E-state index >= 15 is 0 Å². The van der Waals surface area contributed by atoms with E-state index in [4.69, 9.17) is 0 Å². The van der Waals surface area contributed by atoms with Gasteiger partial charge in [-0.05, 0) is 74.8 Å². The van der Waals surface area contributed by atoms with E-state index in [1.165, 1.54) is 68.4 Å². The number of aryl methyl sites for hydroxylation is 1. The summed E-state index contributed by atoms with van der Waals surface area (Å²) in [5, 5.41) is 0. The Labute approximate surface area is 211 Å². The normalized spacial score (nSPS) is 13.1. The molecule has 0 saturated heterocycles. The second-order valence-corrected chi connectivity index (χ2v) is 9.95. The highest BCUT2D eigenvalue weighted by molar-refractivity contribution is 5.64. The number of unbranched alkanes of at least 4 members (excludes halogenated alkanes) is 1. The van der Waals surface area contributed by atoms with Gasteiger partial charge in [0.15, 0.2) is 0 Å². The van der Waals surface area contributed by atoms with Crippen LogP contribution in [-0.4, -0.2) is 49.0 Å². The van der Waals surface area contributed by atoms with Crippen LogP contribution >= 0.6 is 0 Å². The van der Waals surface area contributed by atoms with Gasteiger partial charge in [-0.3, -0.25) is 4.90 Å². The quantitative estimate of drug-likeness (QED) is 0.292. The third kappa shape index (κ3) is 7.39. The maximum absolute atomic E-state index is 4.54. The topological polar surface area (TPSA) is 53.0 Å². The molecular formula is C29H42N6. The molecule has 0 bridgehead atoms. The van der Waals surface area contributed by atoms with Crippen molar-refractivity contribution in [2.45, 2.75) is 72.0 Å². The van der Waals surface area contributed by atoms with E-state index in [2.05, 4.69) is 74.5 Å². The van der Waals surface area contributed by atoms with E-state index in [0.717, 1.165) is 37.7 Å². The SMILES string of the molecule is CCCN(CCC)CCCCC1=Cc2ccc(CN(Cc3ncc[nH]3)Cc3nccn3C)cc2C1. The van der Waals surface area contributed by atoms with Crippen LogP contribution in [0.5, 0.6) is 0 Å². The molecule has 0 unspecified atom stereocenters. The van der Waals surface area contributed by atoms with Crippen LogP contribution in [0.15, 0.2) is 48.6 Å². The lowest BCUT2D eigenvalue weighted by Crippen LogP contribution is -2.26. The van der Waals surface area contributed by atoms with Crippen molar-refractivity contribution in [3.63, 3.8) is 0 Å². The van der Waals surface area contributed by atoms with Crippen molar-refractivity contribution >= 4 is 6.08 Å². The molecule has 0 atom stereocenters. The maximum Gasteiger partial charge on any atom is 0.122 e. The van der Waals surface area contributed by atoms with E-state index in [9.17, 15) is 0 Å². The van der Waals surface area contributed by atoms with Gasteiger partial charge in [0.25, 0.3) is 0 Å². The lowest BCUT2D eigenvalue weighted by Gasteiger charge is -2.21. The fourth-order valence-corrected chi connectivity index (χ4v) is 5.15. The molecule has 1 aromatic carbocycles. The Balaban J connectivity index is 1.31. The van der Waals surface area contributed by atoms with Crippen molar-refractivity contribution in [1.29, 1.82) is 0 Å². The molecule has 0 amide bonds. The van der Waals surface area contributed by atoms with E-state index in [1.807, 2.05) is 24.8 Å². The van der Waals surface area contributed by atoms with Crippen molar-refractivity contribution in [1.82, 2.24) is 29.3 Å². The number of aromatic amines is 1. The number of hydrogen-bond donors (Lipinski definition) is 1. The summed E-state index contributed by atoms with van der Waals surface area (Å²) >= 11 is 0. The first-order chi connectivity index (χ1) is 17.1. The number of benzene rings is 1. The van der Waals surface area contributed by atoms with E-state index in [1.54, 1.807) is 5.57 Å². The first-order valence-electron chi connectivity index (χ1n) is 13.3. The number of hydrogen-bond acceptors (Lipinski definition) is 4. The number of allylic oxidation sites excluding steroid dienone is 1. The molecule has 0 saturated carbocycles. The molecule has 1 N–H and O–H groups in total. The van der Waals surface area contributed by atoms with Gasteiger partial charge in [0.2, 0.25) is 0 Å². The summed E-state index contributed by atoms with van der Waals surface area (Å²) < 4.78 is 2.09. The van der Waals surface area contributed by atoms with Crippen LogP contribution in [0.1, 0.15) is 74.3 Å². The van der Waals surface area contributed by atoms with Crippen LogP contribution in [0.3, 0.4) is 0 Å². The molecular weight excluding hydrogens is 432 g/mol. The number of fused-ring (bicyclic) bond motifs is 1. The number of nitrogens with zero attached hydrogens (tertiary/aromatic N) is 5. The number of aromatic nitrogens is 4. The molecule has 1 aliphatic rings. The van der Waals surface area contributed by atoms with Gasteiger partial charge in [-0.1, -0.05) is 43.7 Å². The van der Waals surface area contributed by atoms with E-state index in [0.29, 0.717) is 0 Å². The van der Waals surface area contributed by atoms with Crippen LogP contribution in [0, 0.1) is 0 Å².